The predicted octanol–water partition coefficient (Wildman–Crippen LogP) is 1.59. The molecular weight excluding hydrogens is 195 g/mol. The van der Waals surface area contributed by atoms with Crippen LogP contribution in [0.15, 0.2) is 24.5 Å². The van der Waals surface area contributed by atoms with Gasteiger partial charge in [0.1, 0.15) is 29.6 Å². The van der Waals surface area contributed by atoms with Gasteiger partial charge in [0.2, 0.25) is 0 Å². The van der Waals surface area contributed by atoms with Crippen LogP contribution in [0.5, 0.6) is 0 Å². The van der Waals surface area contributed by atoms with E-state index in [2.05, 4.69) is 10.1 Å². The third-order valence-electron chi connectivity index (χ3n) is 1.96. The van der Waals surface area contributed by atoms with Crippen molar-refractivity contribution < 1.29 is 4.39 Å². The Balaban J connectivity index is 2.63. The number of aryl methyl sites for hydroxylation is 1. The molecule has 1 aromatic carbocycles. The molecule has 0 amide bonds. The summed E-state index contributed by atoms with van der Waals surface area (Å²) < 4.78 is 14.6. The van der Waals surface area contributed by atoms with Crippen molar-refractivity contribution >= 4 is 0 Å². The van der Waals surface area contributed by atoms with Crippen molar-refractivity contribution in [3.05, 3.63) is 41.7 Å². The van der Waals surface area contributed by atoms with Crippen molar-refractivity contribution in [3.8, 4) is 11.8 Å². The van der Waals surface area contributed by atoms with Crippen molar-refractivity contribution in [2.75, 3.05) is 0 Å². The van der Waals surface area contributed by atoms with Gasteiger partial charge in [-0.2, -0.15) is 10.4 Å². The molecule has 0 aliphatic carbocycles. The molecule has 0 spiro atoms. The van der Waals surface area contributed by atoms with Crippen molar-refractivity contribution in [2.24, 2.45) is 0 Å². The standard InChI is InChI=1S/C10H7FN4/c1-7-13-6-15(14-7)10-4-2-3-9(11)8(10)5-12/h2-4,6H,1H3. The van der Waals surface area contributed by atoms with Crippen LogP contribution in [0.3, 0.4) is 0 Å². The largest absolute Gasteiger partial charge is 0.220 e. The van der Waals surface area contributed by atoms with E-state index < -0.39 is 5.82 Å². The van der Waals surface area contributed by atoms with Crippen molar-refractivity contribution in [2.45, 2.75) is 6.92 Å². The lowest BCUT2D eigenvalue weighted by Gasteiger charge is -2.02. The Morgan fingerprint density at radius 1 is 1.47 bits per heavy atom. The molecule has 0 aliphatic rings. The second-order valence-corrected chi connectivity index (χ2v) is 2.98. The first-order chi connectivity index (χ1) is 7.22. The lowest BCUT2D eigenvalue weighted by Crippen LogP contribution is -2.00. The molecular formula is C10H7FN4. The van der Waals surface area contributed by atoms with E-state index in [-0.39, 0.29) is 5.56 Å². The molecule has 1 heterocycles. The third-order valence-corrected chi connectivity index (χ3v) is 1.96. The molecule has 5 heteroatoms. The molecule has 0 radical (unpaired) electrons. The predicted molar refractivity (Wildman–Crippen MR) is 50.8 cm³/mol. The quantitative estimate of drug-likeness (QED) is 0.705. The van der Waals surface area contributed by atoms with E-state index in [4.69, 9.17) is 5.26 Å². The zero-order chi connectivity index (χ0) is 10.8. The summed E-state index contributed by atoms with van der Waals surface area (Å²) in [4.78, 5) is 3.92. The molecule has 4 nitrogen and oxygen atoms in total. The Kier molecular flexibility index (Phi) is 2.18. The number of nitriles is 1. The number of nitrogens with zero attached hydrogens (tertiary/aromatic N) is 4. The first-order valence-electron chi connectivity index (χ1n) is 4.29. The van der Waals surface area contributed by atoms with Gasteiger partial charge >= 0.3 is 0 Å². The van der Waals surface area contributed by atoms with Crippen LogP contribution in [-0.2, 0) is 0 Å². The molecule has 0 saturated heterocycles. The molecule has 2 aromatic rings. The average molecular weight is 202 g/mol. The Bertz CT molecular complexity index is 539. The monoisotopic (exact) mass is 202 g/mol. The van der Waals surface area contributed by atoms with E-state index in [1.165, 1.54) is 23.1 Å². The van der Waals surface area contributed by atoms with E-state index in [1.54, 1.807) is 13.0 Å². The van der Waals surface area contributed by atoms with Crippen LogP contribution in [0.25, 0.3) is 5.69 Å². The molecule has 0 unspecified atom stereocenters. The second kappa shape index (κ2) is 3.50. The highest BCUT2D eigenvalue weighted by Crippen LogP contribution is 2.15. The minimum atomic E-state index is -0.553. The Morgan fingerprint density at radius 3 is 2.87 bits per heavy atom. The number of aromatic nitrogens is 3. The van der Waals surface area contributed by atoms with Gasteiger partial charge in [-0.25, -0.2) is 14.1 Å². The van der Waals surface area contributed by atoms with Crippen molar-refractivity contribution in [3.63, 3.8) is 0 Å². The molecule has 74 valence electrons. The van der Waals surface area contributed by atoms with Gasteiger partial charge in [-0.1, -0.05) is 6.07 Å². The maximum absolute atomic E-state index is 13.3. The minimum absolute atomic E-state index is 0.0256. The molecule has 2 rings (SSSR count). The Morgan fingerprint density at radius 2 is 2.27 bits per heavy atom. The van der Waals surface area contributed by atoms with Gasteiger partial charge in [-0.05, 0) is 19.1 Å². The summed E-state index contributed by atoms with van der Waals surface area (Å²) in [6.07, 6.45) is 1.45. The number of hydrogen-bond donors (Lipinski definition) is 0. The van der Waals surface area contributed by atoms with Gasteiger partial charge in [0, 0.05) is 0 Å². The van der Waals surface area contributed by atoms with E-state index in [0.29, 0.717) is 11.5 Å². The maximum atomic E-state index is 13.3. The summed E-state index contributed by atoms with van der Waals surface area (Å²) in [5.41, 5.74) is 0.375. The molecule has 0 N–H and O–H groups in total. The van der Waals surface area contributed by atoms with E-state index in [0.717, 1.165) is 0 Å². The second-order valence-electron chi connectivity index (χ2n) is 2.98. The summed E-state index contributed by atoms with van der Waals surface area (Å²) >= 11 is 0. The molecule has 0 aliphatic heterocycles. The summed E-state index contributed by atoms with van der Waals surface area (Å²) in [7, 11) is 0. The summed E-state index contributed by atoms with van der Waals surface area (Å²) in [6.45, 7) is 1.72. The summed E-state index contributed by atoms with van der Waals surface area (Å²) in [5.74, 6) is 0.0197. The van der Waals surface area contributed by atoms with Crippen LogP contribution >= 0.6 is 0 Å². The fourth-order valence-corrected chi connectivity index (χ4v) is 1.28. The molecule has 0 atom stereocenters. The zero-order valence-electron chi connectivity index (χ0n) is 7.98. The first kappa shape index (κ1) is 9.34. The van der Waals surface area contributed by atoms with Crippen LogP contribution in [0.2, 0.25) is 0 Å². The van der Waals surface area contributed by atoms with Crippen molar-refractivity contribution in [1.29, 1.82) is 5.26 Å². The first-order valence-corrected chi connectivity index (χ1v) is 4.29. The highest BCUT2D eigenvalue weighted by Gasteiger charge is 2.10. The molecule has 15 heavy (non-hydrogen) atoms. The van der Waals surface area contributed by atoms with Crippen LogP contribution in [0.1, 0.15) is 11.4 Å². The minimum Gasteiger partial charge on any atom is -0.220 e. The van der Waals surface area contributed by atoms with Gasteiger partial charge in [0.25, 0.3) is 0 Å². The van der Waals surface area contributed by atoms with Crippen LogP contribution in [0.4, 0.5) is 4.39 Å². The number of benzene rings is 1. The smallest absolute Gasteiger partial charge is 0.147 e. The molecule has 1 aromatic heterocycles. The molecule has 0 bridgehead atoms. The fraction of sp³-hybridized carbons (Fsp3) is 0.100. The van der Waals surface area contributed by atoms with Gasteiger partial charge in [-0.3, -0.25) is 0 Å². The highest BCUT2D eigenvalue weighted by molar-refractivity contribution is 5.48. The molecule has 0 fully saturated rings. The van der Waals surface area contributed by atoms with Crippen molar-refractivity contribution in [1.82, 2.24) is 14.8 Å². The van der Waals surface area contributed by atoms with E-state index >= 15 is 0 Å². The zero-order valence-corrected chi connectivity index (χ0v) is 7.98. The Labute approximate surface area is 85.6 Å². The van der Waals surface area contributed by atoms with Crippen LogP contribution in [0, 0.1) is 24.1 Å². The normalized spacial score (nSPS) is 9.93. The Hall–Kier alpha value is -2.22. The van der Waals surface area contributed by atoms with Crippen LogP contribution < -0.4 is 0 Å². The van der Waals surface area contributed by atoms with E-state index in [1.807, 2.05) is 6.07 Å². The van der Waals surface area contributed by atoms with Gasteiger partial charge in [-0.15, -0.1) is 0 Å². The third kappa shape index (κ3) is 1.57. The van der Waals surface area contributed by atoms with Gasteiger partial charge in [0.15, 0.2) is 0 Å². The number of hydrogen-bond acceptors (Lipinski definition) is 3. The summed E-state index contributed by atoms with van der Waals surface area (Å²) in [5, 5.41) is 12.8. The number of rotatable bonds is 1. The highest BCUT2D eigenvalue weighted by atomic mass is 19.1. The summed E-state index contributed by atoms with van der Waals surface area (Å²) in [6, 6.07) is 6.20. The lowest BCUT2D eigenvalue weighted by atomic mass is 10.2. The average Bonchev–Trinajstić information content (AvgIpc) is 2.64. The topological polar surface area (TPSA) is 54.5 Å². The lowest BCUT2D eigenvalue weighted by molar-refractivity contribution is 0.621. The van der Waals surface area contributed by atoms with Gasteiger partial charge in [0.05, 0.1) is 5.69 Å². The SMILES string of the molecule is Cc1ncn(-c2cccc(F)c2C#N)n1. The van der Waals surface area contributed by atoms with Crippen LogP contribution in [-0.4, -0.2) is 14.8 Å². The van der Waals surface area contributed by atoms with Gasteiger partial charge < -0.3 is 0 Å². The molecule has 0 saturated carbocycles. The van der Waals surface area contributed by atoms with E-state index in [9.17, 15) is 4.39 Å². The number of halogens is 1. The fourth-order valence-electron chi connectivity index (χ4n) is 1.28. The maximum Gasteiger partial charge on any atom is 0.147 e.